The summed E-state index contributed by atoms with van der Waals surface area (Å²) in [6.07, 6.45) is 2.73. The molecule has 11 heteroatoms. The molecule has 36 heavy (non-hydrogen) atoms. The monoisotopic (exact) mass is 535 g/mol. The fourth-order valence-electron chi connectivity index (χ4n) is 4.55. The summed E-state index contributed by atoms with van der Waals surface area (Å²) in [5.41, 5.74) is 0.750. The minimum Gasteiger partial charge on any atom is -0.492 e. The first-order valence-corrected chi connectivity index (χ1v) is 15.3. The van der Waals surface area contributed by atoms with Crippen molar-refractivity contribution in [2.75, 3.05) is 39.3 Å². The number of ether oxygens (including phenoxy) is 1. The fraction of sp³-hybridized carbons (Fsp3) is 0.480. The molecule has 2 aliphatic heterocycles. The summed E-state index contributed by atoms with van der Waals surface area (Å²) in [7, 11) is -6.87. The molecular formula is C25H33N3O6S2. The molecule has 2 fully saturated rings. The third-order valence-corrected chi connectivity index (χ3v) is 10.4. The SMILES string of the molecule is O=C(NCCOc1ccc(S(=O)(=O)N2CCCC2)cc1)C1CCN(S(=O)(=O)Cc2ccccc2)CC1. The van der Waals surface area contributed by atoms with Crippen LogP contribution in [0.25, 0.3) is 0 Å². The Kier molecular flexibility index (Phi) is 8.66. The van der Waals surface area contributed by atoms with E-state index in [4.69, 9.17) is 4.74 Å². The van der Waals surface area contributed by atoms with Gasteiger partial charge in [0.05, 0.1) is 17.2 Å². The van der Waals surface area contributed by atoms with E-state index in [2.05, 4.69) is 5.32 Å². The predicted octanol–water partition coefficient (Wildman–Crippen LogP) is 2.21. The lowest BCUT2D eigenvalue weighted by molar-refractivity contribution is -0.126. The molecule has 0 aliphatic carbocycles. The molecule has 0 spiro atoms. The van der Waals surface area contributed by atoms with E-state index in [1.807, 2.05) is 18.2 Å². The van der Waals surface area contributed by atoms with E-state index in [1.54, 1.807) is 36.4 Å². The van der Waals surface area contributed by atoms with Crippen LogP contribution in [0, 0.1) is 5.92 Å². The number of carbonyl (C=O) groups excluding carboxylic acids is 1. The van der Waals surface area contributed by atoms with Crippen molar-refractivity contribution in [1.82, 2.24) is 13.9 Å². The zero-order chi connectivity index (χ0) is 25.6. The minimum absolute atomic E-state index is 0.0345. The van der Waals surface area contributed by atoms with Gasteiger partial charge in [0.2, 0.25) is 26.0 Å². The normalized spacial score (nSPS) is 18.2. The Morgan fingerprint density at radius 3 is 2.14 bits per heavy atom. The van der Waals surface area contributed by atoms with Crippen molar-refractivity contribution in [3.05, 3.63) is 60.2 Å². The molecule has 2 heterocycles. The van der Waals surface area contributed by atoms with Gasteiger partial charge in [-0.1, -0.05) is 30.3 Å². The first kappa shape index (κ1) is 26.6. The molecule has 2 aliphatic rings. The molecule has 0 atom stereocenters. The summed E-state index contributed by atoms with van der Waals surface area (Å²) in [5.74, 6) is 0.156. The molecule has 9 nitrogen and oxygen atoms in total. The lowest BCUT2D eigenvalue weighted by Gasteiger charge is -2.30. The van der Waals surface area contributed by atoms with Crippen molar-refractivity contribution in [3.63, 3.8) is 0 Å². The van der Waals surface area contributed by atoms with Gasteiger partial charge in [0, 0.05) is 32.1 Å². The smallest absolute Gasteiger partial charge is 0.243 e. The average Bonchev–Trinajstić information content (AvgIpc) is 3.43. The van der Waals surface area contributed by atoms with Crippen LogP contribution in [-0.2, 0) is 30.6 Å². The zero-order valence-corrected chi connectivity index (χ0v) is 21.8. The van der Waals surface area contributed by atoms with Crippen LogP contribution >= 0.6 is 0 Å². The Bertz CT molecular complexity index is 1220. The van der Waals surface area contributed by atoms with Gasteiger partial charge in [-0.25, -0.2) is 21.1 Å². The summed E-state index contributed by atoms with van der Waals surface area (Å²) in [5, 5.41) is 2.85. The molecule has 0 aromatic heterocycles. The van der Waals surface area contributed by atoms with Crippen LogP contribution in [0.5, 0.6) is 5.75 Å². The maximum atomic E-state index is 12.7. The van der Waals surface area contributed by atoms with Crippen LogP contribution in [0.4, 0.5) is 0 Å². The second kappa shape index (κ2) is 11.7. The molecule has 1 N–H and O–H groups in total. The maximum Gasteiger partial charge on any atom is 0.243 e. The van der Waals surface area contributed by atoms with Crippen molar-refractivity contribution < 1.29 is 26.4 Å². The first-order valence-electron chi connectivity index (χ1n) is 12.3. The van der Waals surface area contributed by atoms with Crippen molar-refractivity contribution in [2.45, 2.75) is 36.3 Å². The number of rotatable bonds is 10. The molecule has 196 valence electrons. The van der Waals surface area contributed by atoms with E-state index in [0.29, 0.717) is 51.3 Å². The van der Waals surface area contributed by atoms with Crippen LogP contribution < -0.4 is 10.1 Å². The van der Waals surface area contributed by atoms with E-state index >= 15 is 0 Å². The quantitative estimate of drug-likeness (QED) is 0.467. The van der Waals surface area contributed by atoms with Gasteiger partial charge in [0.25, 0.3) is 0 Å². The number of hydrogen-bond donors (Lipinski definition) is 1. The van der Waals surface area contributed by atoms with Crippen molar-refractivity contribution >= 4 is 26.0 Å². The summed E-state index contributed by atoms with van der Waals surface area (Å²) >= 11 is 0. The molecule has 2 aromatic carbocycles. The Morgan fingerprint density at radius 2 is 1.50 bits per heavy atom. The van der Waals surface area contributed by atoms with Gasteiger partial charge in [-0.15, -0.1) is 0 Å². The minimum atomic E-state index is -3.45. The largest absolute Gasteiger partial charge is 0.492 e. The number of carbonyl (C=O) groups is 1. The lowest BCUT2D eigenvalue weighted by Crippen LogP contribution is -2.43. The van der Waals surface area contributed by atoms with Crippen molar-refractivity contribution in [1.29, 1.82) is 0 Å². The average molecular weight is 536 g/mol. The predicted molar refractivity (Wildman–Crippen MR) is 136 cm³/mol. The van der Waals surface area contributed by atoms with Crippen molar-refractivity contribution in [2.24, 2.45) is 5.92 Å². The molecule has 2 saturated heterocycles. The lowest BCUT2D eigenvalue weighted by atomic mass is 9.97. The topological polar surface area (TPSA) is 113 Å². The van der Waals surface area contributed by atoms with Crippen LogP contribution in [-0.4, -0.2) is 70.7 Å². The second-order valence-electron chi connectivity index (χ2n) is 9.14. The van der Waals surface area contributed by atoms with Gasteiger partial charge >= 0.3 is 0 Å². The molecule has 0 radical (unpaired) electrons. The number of amides is 1. The van der Waals surface area contributed by atoms with Gasteiger partial charge in [-0.05, 0) is 55.5 Å². The third-order valence-electron chi connectivity index (χ3n) is 6.61. The molecule has 4 rings (SSSR count). The molecule has 0 saturated carbocycles. The Morgan fingerprint density at radius 1 is 0.861 bits per heavy atom. The second-order valence-corrected chi connectivity index (χ2v) is 13.0. The van der Waals surface area contributed by atoms with E-state index in [-0.39, 0.29) is 29.1 Å². The molecule has 1 amide bonds. The highest BCUT2D eigenvalue weighted by molar-refractivity contribution is 7.89. The molecule has 0 unspecified atom stereocenters. The first-order chi connectivity index (χ1) is 17.3. The highest BCUT2D eigenvalue weighted by Crippen LogP contribution is 2.24. The van der Waals surface area contributed by atoms with Crippen LogP contribution in [0.15, 0.2) is 59.5 Å². The molecule has 0 bridgehead atoms. The number of sulfonamides is 2. The Balaban J connectivity index is 1.17. The maximum absolute atomic E-state index is 12.7. The molecule has 2 aromatic rings. The standard InChI is InChI=1S/C25H33N3O6S2/c29-25(22-12-17-27(18-13-22)35(30,31)20-21-6-2-1-3-7-21)26-14-19-34-23-8-10-24(11-9-23)36(32,33)28-15-4-5-16-28/h1-3,6-11,22H,4-5,12-20H2,(H,26,29). The van der Waals surface area contributed by atoms with E-state index in [1.165, 1.54) is 8.61 Å². The van der Waals surface area contributed by atoms with Crippen LogP contribution in [0.2, 0.25) is 0 Å². The number of nitrogens with zero attached hydrogens (tertiary/aromatic N) is 2. The Hall–Kier alpha value is -2.47. The van der Waals surface area contributed by atoms with Gasteiger partial charge in [-0.3, -0.25) is 4.79 Å². The highest BCUT2D eigenvalue weighted by atomic mass is 32.2. The number of piperidine rings is 1. The fourth-order valence-corrected chi connectivity index (χ4v) is 7.63. The summed E-state index contributed by atoms with van der Waals surface area (Å²) in [4.78, 5) is 12.8. The highest BCUT2D eigenvalue weighted by Gasteiger charge is 2.31. The number of nitrogens with one attached hydrogen (secondary N) is 1. The van der Waals surface area contributed by atoms with Gasteiger partial charge in [0.1, 0.15) is 12.4 Å². The number of benzene rings is 2. The van der Waals surface area contributed by atoms with E-state index in [9.17, 15) is 21.6 Å². The Labute approximate surface area is 213 Å². The van der Waals surface area contributed by atoms with Crippen LogP contribution in [0.3, 0.4) is 0 Å². The van der Waals surface area contributed by atoms with Gasteiger partial charge in [0.15, 0.2) is 0 Å². The van der Waals surface area contributed by atoms with E-state index < -0.39 is 20.0 Å². The zero-order valence-electron chi connectivity index (χ0n) is 20.2. The number of hydrogen-bond acceptors (Lipinski definition) is 6. The summed E-state index contributed by atoms with van der Waals surface area (Å²) < 4.78 is 59.2. The summed E-state index contributed by atoms with van der Waals surface area (Å²) in [6, 6.07) is 15.4. The van der Waals surface area contributed by atoms with Gasteiger partial charge in [-0.2, -0.15) is 4.31 Å². The van der Waals surface area contributed by atoms with Crippen LogP contribution in [0.1, 0.15) is 31.2 Å². The van der Waals surface area contributed by atoms with Crippen molar-refractivity contribution in [3.8, 4) is 5.75 Å². The molecular weight excluding hydrogens is 502 g/mol. The van der Waals surface area contributed by atoms with E-state index in [0.717, 1.165) is 18.4 Å². The summed E-state index contributed by atoms with van der Waals surface area (Å²) in [6.45, 7) is 2.33. The van der Waals surface area contributed by atoms with Gasteiger partial charge < -0.3 is 10.1 Å². The third kappa shape index (κ3) is 6.64.